The zero-order valence-corrected chi connectivity index (χ0v) is 10.3. The molecule has 0 amide bonds. The summed E-state index contributed by atoms with van der Waals surface area (Å²) in [5.74, 6) is -0.346. The van der Waals surface area contributed by atoms with Gasteiger partial charge in [0, 0.05) is 6.42 Å². The number of carbonyl (C=O) groups is 2. The van der Waals surface area contributed by atoms with Crippen molar-refractivity contribution in [3.05, 3.63) is 34.9 Å². The molecule has 0 aliphatic heterocycles. The minimum atomic E-state index is -0.346. The molecular weight excluding hydrogens is 230 g/mol. The Hall–Kier alpha value is -2.15. The second kappa shape index (κ2) is 7.23. The minimum absolute atomic E-state index is 0.0890. The molecule has 0 bridgehead atoms. The summed E-state index contributed by atoms with van der Waals surface area (Å²) in [5, 5.41) is 8.97. The maximum atomic E-state index is 11.4. The number of hydrogen-bond acceptors (Lipinski definition) is 4. The average molecular weight is 245 g/mol. The van der Waals surface area contributed by atoms with Crippen molar-refractivity contribution in [2.24, 2.45) is 0 Å². The molecule has 4 heteroatoms. The number of aryl methyl sites for hydroxylation is 1. The van der Waals surface area contributed by atoms with Crippen molar-refractivity contribution < 1.29 is 14.3 Å². The Labute approximate surface area is 106 Å². The number of nitriles is 1. The Morgan fingerprint density at radius 3 is 2.89 bits per heavy atom. The largest absolute Gasteiger partial charge is 0.466 e. The lowest BCUT2D eigenvalue weighted by molar-refractivity contribution is -0.142. The Morgan fingerprint density at radius 1 is 1.50 bits per heavy atom. The molecule has 1 aromatic carbocycles. The number of rotatable bonds is 6. The van der Waals surface area contributed by atoms with Gasteiger partial charge in [0.05, 0.1) is 24.7 Å². The molecule has 0 saturated carbocycles. The molecule has 0 spiro atoms. The van der Waals surface area contributed by atoms with Crippen molar-refractivity contribution >= 4 is 12.3 Å². The number of ether oxygens (including phenoxy) is 1. The van der Waals surface area contributed by atoms with E-state index in [9.17, 15) is 9.59 Å². The van der Waals surface area contributed by atoms with Gasteiger partial charge in [0.15, 0.2) is 0 Å². The Morgan fingerprint density at radius 2 is 2.28 bits per heavy atom. The van der Waals surface area contributed by atoms with E-state index < -0.39 is 0 Å². The average Bonchev–Trinajstić information content (AvgIpc) is 2.37. The van der Waals surface area contributed by atoms with Crippen LogP contribution in [-0.2, 0) is 27.2 Å². The third kappa shape index (κ3) is 4.02. The predicted octanol–water partition coefficient (Wildman–Crippen LogP) is 1.80. The molecule has 1 aromatic rings. The van der Waals surface area contributed by atoms with Crippen LogP contribution in [0.5, 0.6) is 0 Å². The number of benzene rings is 1. The van der Waals surface area contributed by atoms with Gasteiger partial charge in [-0.2, -0.15) is 5.26 Å². The summed E-state index contributed by atoms with van der Waals surface area (Å²) in [6.07, 6.45) is 1.99. The van der Waals surface area contributed by atoms with Crippen LogP contribution in [0.1, 0.15) is 30.0 Å². The van der Waals surface area contributed by atoms with Crippen LogP contribution in [0, 0.1) is 11.3 Å². The number of esters is 1. The molecule has 0 fully saturated rings. The highest BCUT2D eigenvalue weighted by atomic mass is 16.5. The van der Waals surface area contributed by atoms with E-state index in [0.29, 0.717) is 30.6 Å². The number of carbonyl (C=O) groups excluding carboxylic acids is 2. The first kappa shape index (κ1) is 13.9. The molecule has 0 aromatic heterocycles. The Kier molecular flexibility index (Phi) is 5.59. The van der Waals surface area contributed by atoms with Crippen molar-refractivity contribution in [2.45, 2.75) is 26.2 Å². The van der Waals surface area contributed by atoms with Gasteiger partial charge in [0.1, 0.15) is 6.29 Å². The molecular formula is C14H15NO3. The fraction of sp³-hybridized carbons (Fsp3) is 0.357. The lowest BCUT2D eigenvalue weighted by Gasteiger charge is -2.06. The van der Waals surface area contributed by atoms with E-state index in [1.807, 2.05) is 6.07 Å². The maximum Gasteiger partial charge on any atom is 0.310 e. The first-order valence-corrected chi connectivity index (χ1v) is 5.82. The normalized spacial score (nSPS) is 9.56. The molecule has 94 valence electrons. The molecule has 0 aliphatic carbocycles. The van der Waals surface area contributed by atoms with Gasteiger partial charge >= 0.3 is 5.97 Å². The Balaban J connectivity index is 2.88. The number of nitrogens with zero attached hydrogens (tertiary/aromatic N) is 1. The molecule has 0 aliphatic rings. The second-order valence-electron chi connectivity index (χ2n) is 3.79. The van der Waals surface area contributed by atoms with Crippen LogP contribution in [0.3, 0.4) is 0 Å². The monoisotopic (exact) mass is 245 g/mol. The summed E-state index contributed by atoms with van der Waals surface area (Å²) in [7, 11) is 0. The highest BCUT2D eigenvalue weighted by Gasteiger charge is 2.09. The third-order valence-corrected chi connectivity index (χ3v) is 2.48. The van der Waals surface area contributed by atoms with Crippen LogP contribution in [0.4, 0.5) is 0 Å². The van der Waals surface area contributed by atoms with E-state index in [-0.39, 0.29) is 12.4 Å². The van der Waals surface area contributed by atoms with Crippen molar-refractivity contribution in [2.75, 3.05) is 6.61 Å². The lowest BCUT2D eigenvalue weighted by atomic mass is 10.00. The zero-order valence-electron chi connectivity index (χ0n) is 10.3. The van der Waals surface area contributed by atoms with E-state index in [1.54, 1.807) is 25.1 Å². The van der Waals surface area contributed by atoms with Crippen LogP contribution in [0.15, 0.2) is 18.2 Å². The van der Waals surface area contributed by atoms with Crippen molar-refractivity contribution in [1.82, 2.24) is 0 Å². The summed E-state index contributed by atoms with van der Waals surface area (Å²) in [5.41, 5.74) is 2.07. The molecule has 0 unspecified atom stereocenters. The van der Waals surface area contributed by atoms with Crippen molar-refractivity contribution in [3.63, 3.8) is 0 Å². The standard InChI is InChI=1S/C14H15NO3/c1-2-18-14(17)9-13-8-11(4-3-7-16)5-6-12(13)10-15/h5-8H,2-4,9H2,1H3. The van der Waals surface area contributed by atoms with Crippen LogP contribution >= 0.6 is 0 Å². The first-order valence-electron chi connectivity index (χ1n) is 5.82. The van der Waals surface area contributed by atoms with Gasteiger partial charge in [-0.3, -0.25) is 4.79 Å². The molecule has 0 radical (unpaired) electrons. The smallest absolute Gasteiger partial charge is 0.310 e. The molecule has 0 atom stereocenters. The van der Waals surface area contributed by atoms with E-state index in [0.717, 1.165) is 11.8 Å². The quantitative estimate of drug-likeness (QED) is 0.566. The first-order chi connectivity index (χ1) is 8.71. The fourth-order valence-corrected chi connectivity index (χ4v) is 1.65. The van der Waals surface area contributed by atoms with Gasteiger partial charge in [-0.25, -0.2) is 0 Å². The van der Waals surface area contributed by atoms with Crippen LogP contribution in [0.25, 0.3) is 0 Å². The van der Waals surface area contributed by atoms with Gasteiger partial charge in [0.25, 0.3) is 0 Å². The van der Waals surface area contributed by atoms with Crippen LogP contribution < -0.4 is 0 Å². The van der Waals surface area contributed by atoms with E-state index in [1.165, 1.54) is 0 Å². The number of aldehydes is 1. The third-order valence-electron chi connectivity index (χ3n) is 2.48. The summed E-state index contributed by atoms with van der Waals surface area (Å²) in [6, 6.07) is 7.32. The molecule has 0 saturated heterocycles. The van der Waals surface area contributed by atoms with Crippen molar-refractivity contribution in [1.29, 1.82) is 5.26 Å². The van der Waals surface area contributed by atoms with Gasteiger partial charge in [-0.1, -0.05) is 12.1 Å². The SMILES string of the molecule is CCOC(=O)Cc1cc(CCC=O)ccc1C#N. The highest BCUT2D eigenvalue weighted by molar-refractivity contribution is 5.73. The second-order valence-corrected chi connectivity index (χ2v) is 3.79. The molecule has 1 rings (SSSR count). The van der Waals surface area contributed by atoms with Crippen LogP contribution in [-0.4, -0.2) is 18.9 Å². The summed E-state index contributed by atoms with van der Waals surface area (Å²) in [6.45, 7) is 2.06. The van der Waals surface area contributed by atoms with E-state index >= 15 is 0 Å². The molecule has 4 nitrogen and oxygen atoms in total. The molecule has 0 N–H and O–H groups in total. The zero-order chi connectivity index (χ0) is 13.4. The Bertz CT molecular complexity index is 474. The van der Waals surface area contributed by atoms with Crippen molar-refractivity contribution in [3.8, 4) is 6.07 Å². The maximum absolute atomic E-state index is 11.4. The number of hydrogen-bond donors (Lipinski definition) is 0. The molecule has 18 heavy (non-hydrogen) atoms. The predicted molar refractivity (Wildman–Crippen MR) is 65.9 cm³/mol. The minimum Gasteiger partial charge on any atom is -0.466 e. The van der Waals surface area contributed by atoms with Gasteiger partial charge in [-0.15, -0.1) is 0 Å². The van der Waals surface area contributed by atoms with Gasteiger partial charge in [0.2, 0.25) is 0 Å². The lowest BCUT2D eigenvalue weighted by Crippen LogP contribution is -2.09. The molecule has 0 heterocycles. The summed E-state index contributed by atoms with van der Waals surface area (Å²) < 4.78 is 4.86. The van der Waals surface area contributed by atoms with Crippen LogP contribution in [0.2, 0.25) is 0 Å². The summed E-state index contributed by atoms with van der Waals surface area (Å²) in [4.78, 5) is 21.7. The van der Waals surface area contributed by atoms with E-state index in [4.69, 9.17) is 10.00 Å². The van der Waals surface area contributed by atoms with Gasteiger partial charge in [-0.05, 0) is 30.5 Å². The van der Waals surface area contributed by atoms with E-state index in [2.05, 4.69) is 0 Å². The topological polar surface area (TPSA) is 67.2 Å². The van der Waals surface area contributed by atoms with Gasteiger partial charge < -0.3 is 9.53 Å². The highest BCUT2D eigenvalue weighted by Crippen LogP contribution is 2.14. The summed E-state index contributed by atoms with van der Waals surface area (Å²) >= 11 is 0. The fourth-order valence-electron chi connectivity index (χ4n) is 1.65.